The highest BCUT2D eigenvalue weighted by Gasteiger charge is 2.06. The summed E-state index contributed by atoms with van der Waals surface area (Å²) in [6.45, 7) is 1.62. The first kappa shape index (κ1) is 15.8. The monoisotopic (exact) mass is 321 g/mol. The van der Waals surface area contributed by atoms with E-state index in [1.807, 2.05) is 6.92 Å². The second-order valence-electron chi connectivity index (χ2n) is 4.45. The van der Waals surface area contributed by atoms with Crippen LogP contribution in [0.1, 0.15) is 5.56 Å². The first-order valence-electron chi connectivity index (χ1n) is 6.43. The van der Waals surface area contributed by atoms with Crippen molar-refractivity contribution in [2.45, 2.75) is 6.92 Å². The molecule has 8 heteroatoms. The average Bonchev–Trinajstić information content (AvgIpc) is 2.49. The van der Waals surface area contributed by atoms with Gasteiger partial charge in [-0.15, -0.1) is 0 Å². The normalized spacial score (nSPS) is 10.1. The quantitative estimate of drug-likeness (QED) is 0.433. The summed E-state index contributed by atoms with van der Waals surface area (Å²) in [7, 11) is 1.63. The molecule has 0 saturated heterocycles. The highest BCUT2D eigenvalue weighted by atomic mass is 32.1. The number of rotatable bonds is 3. The molecule has 0 saturated carbocycles. The summed E-state index contributed by atoms with van der Waals surface area (Å²) >= 11 is 4.81. The number of thiocarbonyl (C=S) groups is 1. The van der Waals surface area contributed by atoms with Gasteiger partial charge in [0.15, 0.2) is 11.7 Å². The minimum atomic E-state index is -0.426. The van der Waals surface area contributed by atoms with Crippen LogP contribution >= 0.6 is 12.2 Å². The lowest BCUT2D eigenvalue weighted by Crippen LogP contribution is -2.47. The van der Waals surface area contributed by atoms with E-state index in [9.17, 15) is 9.59 Å². The largest absolute Gasteiger partial charge is 0.484 e. The maximum absolute atomic E-state index is 11.5. The van der Waals surface area contributed by atoms with Gasteiger partial charge in [0, 0.05) is 24.6 Å². The molecule has 0 aliphatic carbocycles. The van der Waals surface area contributed by atoms with E-state index in [2.05, 4.69) is 16.2 Å². The van der Waals surface area contributed by atoms with E-state index in [0.29, 0.717) is 11.3 Å². The van der Waals surface area contributed by atoms with Crippen LogP contribution in [0.3, 0.4) is 0 Å². The molecule has 2 rings (SSSR count). The molecule has 0 aliphatic rings. The molecule has 0 radical (unpaired) electrons. The fourth-order valence-corrected chi connectivity index (χ4v) is 1.82. The van der Waals surface area contributed by atoms with Crippen LogP contribution in [0.5, 0.6) is 5.75 Å². The first-order valence-corrected chi connectivity index (χ1v) is 6.84. The van der Waals surface area contributed by atoms with Crippen molar-refractivity contribution in [2.24, 2.45) is 0 Å². The predicted molar refractivity (Wildman–Crippen MR) is 85.7 cm³/mol. The summed E-state index contributed by atoms with van der Waals surface area (Å²) in [5.41, 5.74) is 5.67. The van der Waals surface area contributed by atoms with Gasteiger partial charge in [0.05, 0.1) is 0 Å². The number of hydrazine groups is 1. The Hall–Kier alpha value is -2.61. The molecule has 3 N–H and O–H groups in total. The highest BCUT2D eigenvalue weighted by Crippen LogP contribution is 2.22. The molecule has 0 fully saturated rings. The number of fused-ring (bicyclic) bond motifs is 1. The van der Waals surface area contributed by atoms with Gasteiger partial charge in [-0.25, -0.2) is 4.79 Å². The summed E-state index contributed by atoms with van der Waals surface area (Å²) < 4.78 is 10.5. The van der Waals surface area contributed by atoms with Gasteiger partial charge in [-0.3, -0.25) is 15.6 Å². The molecule has 0 bridgehead atoms. The number of ether oxygens (including phenoxy) is 1. The van der Waals surface area contributed by atoms with Gasteiger partial charge in [-0.1, -0.05) is 0 Å². The Morgan fingerprint density at radius 1 is 1.32 bits per heavy atom. The maximum atomic E-state index is 11.5. The third-order valence-electron chi connectivity index (χ3n) is 2.84. The maximum Gasteiger partial charge on any atom is 0.336 e. The minimum Gasteiger partial charge on any atom is -0.484 e. The van der Waals surface area contributed by atoms with Crippen molar-refractivity contribution in [3.8, 4) is 5.75 Å². The van der Waals surface area contributed by atoms with Crippen molar-refractivity contribution in [3.63, 3.8) is 0 Å². The van der Waals surface area contributed by atoms with Crippen molar-refractivity contribution in [1.29, 1.82) is 0 Å². The van der Waals surface area contributed by atoms with Crippen LogP contribution in [0, 0.1) is 6.92 Å². The van der Waals surface area contributed by atoms with Gasteiger partial charge in [0.25, 0.3) is 5.91 Å². The zero-order chi connectivity index (χ0) is 16.1. The molecule has 1 aromatic carbocycles. The van der Waals surface area contributed by atoms with Gasteiger partial charge in [-0.05, 0) is 36.8 Å². The average molecular weight is 321 g/mol. The molecule has 0 unspecified atom stereocenters. The smallest absolute Gasteiger partial charge is 0.336 e. The third-order valence-corrected chi connectivity index (χ3v) is 3.14. The molecule has 1 aromatic heterocycles. The number of carbonyl (C=O) groups excluding carboxylic acids is 1. The van der Waals surface area contributed by atoms with Crippen LogP contribution in [0.15, 0.2) is 33.5 Å². The zero-order valence-corrected chi connectivity index (χ0v) is 12.9. The number of aryl methyl sites for hydroxylation is 1. The number of benzene rings is 1. The van der Waals surface area contributed by atoms with Gasteiger partial charge in [0.2, 0.25) is 0 Å². The summed E-state index contributed by atoms with van der Waals surface area (Å²) in [6.07, 6.45) is 0. The van der Waals surface area contributed by atoms with Gasteiger partial charge in [-0.2, -0.15) is 0 Å². The zero-order valence-electron chi connectivity index (χ0n) is 12.1. The number of carbonyl (C=O) groups is 1. The van der Waals surface area contributed by atoms with E-state index in [1.165, 1.54) is 6.07 Å². The van der Waals surface area contributed by atoms with Crippen LogP contribution in [-0.4, -0.2) is 24.7 Å². The van der Waals surface area contributed by atoms with Crippen molar-refractivity contribution in [1.82, 2.24) is 16.2 Å². The Bertz CT molecular complexity index is 772. The third kappa shape index (κ3) is 3.95. The molecule has 0 atom stereocenters. The van der Waals surface area contributed by atoms with Crippen molar-refractivity contribution in [2.75, 3.05) is 13.7 Å². The van der Waals surface area contributed by atoms with E-state index >= 15 is 0 Å². The minimum absolute atomic E-state index is 0.207. The number of hydrogen-bond acceptors (Lipinski definition) is 5. The van der Waals surface area contributed by atoms with Gasteiger partial charge in [0.1, 0.15) is 11.3 Å². The number of hydrogen-bond donors (Lipinski definition) is 3. The van der Waals surface area contributed by atoms with Crippen molar-refractivity contribution in [3.05, 3.63) is 40.2 Å². The molecular formula is C14H15N3O4S. The lowest BCUT2D eigenvalue weighted by Gasteiger charge is -2.10. The predicted octanol–water partition coefficient (Wildman–Crippen LogP) is 0.605. The summed E-state index contributed by atoms with van der Waals surface area (Å²) in [5, 5.41) is 3.75. The molecule has 116 valence electrons. The number of amides is 1. The topological polar surface area (TPSA) is 92.6 Å². The first-order chi connectivity index (χ1) is 10.5. The van der Waals surface area contributed by atoms with Crippen LogP contribution in [0.2, 0.25) is 0 Å². The molecular weight excluding hydrogens is 306 g/mol. The van der Waals surface area contributed by atoms with Crippen molar-refractivity contribution < 1.29 is 13.9 Å². The Labute approximate surface area is 131 Å². The van der Waals surface area contributed by atoms with E-state index in [4.69, 9.17) is 21.4 Å². The Morgan fingerprint density at radius 3 is 2.82 bits per heavy atom. The van der Waals surface area contributed by atoms with Crippen LogP contribution < -0.4 is 26.5 Å². The second kappa shape index (κ2) is 6.90. The fraction of sp³-hybridized carbons (Fsp3) is 0.214. The molecule has 7 nitrogen and oxygen atoms in total. The molecule has 1 amide bonds. The SMILES string of the molecule is CNC(=S)NNC(=O)COc1ccc2c(C)cc(=O)oc2c1. The van der Waals surface area contributed by atoms with Crippen LogP contribution in [0.25, 0.3) is 11.0 Å². The summed E-state index contributed by atoms with van der Waals surface area (Å²) in [6, 6.07) is 6.47. The Kier molecular flexibility index (Phi) is 4.95. The highest BCUT2D eigenvalue weighted by molar-refractivity contribution is 7.80. The van der Waals surface area contributed by atoms with E-state index in [0.717, 1.165) is 10.9 Å². The van der Waals surface area contributed by atoms with Gasteiger partial charge >= 0.3 is 5.63 Å². The Morgan fingerprint density at radius 2 is 2.09 bits per heavy atom. The number of nitrogens with one attached hydrogen (secondary N) is 3. The molecule has 1 heterocycles. The standard InChI is InChI=1S/C14H15N3O4S/c1-8-5-13(19)21-11-6-9(3-4-10(8)11)20-7-12(18)16-17-14(22)15-2/h3-6H,7H2,1-2H3,(H,16,18)(H2,15,17,22). The molecule has 2 aromatic rings. The summed E-state index contributed by atoms with van der Waals surface area (Å²) in [4.78, 5) is 22.9. The fourth-order valence-electron chi connectivity index (χ4n) is 1.77. The van der Waals surface area contributed by atoms with E-state index < -0.39 is 11.5 Å². The molecule has 0 spiro atoms. The Balaban J connectivity index is 2.02. The molecule has 0 aliphatic heterocycles. The van der Waals surface area contributed by atoms with E-state index in [-0.39, 0.29) is 11.7 Å². The van der Waals surface area contributed by atoms with Gasteiger partial charge < -0.3 is 14.5 Å². The van der Waals surface area contributed by atoms with E-state index in [1.54, 1.807) is 25.2 Å². The lowest BCUT2D eigenvalue weighted by atomic mass is 10.1. The van der Waals surface area contributed by atoms with Crippen LogP contribution in [-0.2, 0) is 4.79 Å². The molecule has 22 heavy (non-hydrogen) atoms. The second-order valence-corrected chi connectivity index (χ2v) is 4.86. The van der Waals surface area contributed by atoms with Crippen LogP contribution in [0.4, 0.5) is 0 Å². The lowest BCUT2D eigenvalue weighted by molar-refractivity contribution is -0.123. The van der Waals surface area contributed by atoms with Crippen molar-refractivity contribution >= 4 is 34.2 Å². The summed E-state index contributed by atoms with van der Waals surface area (Å²) in [5.74, 6) is 0.0241.